The highest BCUT2D eigenvalue weighted by atomic mass is 35.5. The normalized spacial score (nSPS) is 10.1. The minimum atomic E-state index is -0.316. The quantitative estimate of drug-likeness (QED) is 0.589. The van der Waals surface area contributed by atoms with Gasteiger partial charge in [-0.1, -0.05) is 11.6 Å². The zero-order chi connectivity index (χ0) is 13.8. The molecule has 0 aliphatic rings. The molecule has 0 aliphatic carbocycles. The molecule has 0 fully saturated rings. The van der Waals surface area contributed by atoms with E-state index in [0.717, 1.165) is 5.69 Å². The van der Waals surface area contributed by atoms with Crippen molar-refractivity contribution >= 4 is 29.0 Å². The van der Waals surface area contributed by atoms with Crippen LogP contribution in [0.4, 0.5) is 11.5 Å². The van der Waals surface area contributed by atoms with E-state index in [4.69, 9.17) is 17.4 Å². The van der Waals surface area contributed by atoms with E-state index in [0.29, 0.717) is 17.1 Å². The van der Waals surface area contributed by atoms with E-state index < -0.39 is 0 Å². The van der Waals surface area contributed by atoms with E-state index in [1.54, 1.807) is 12.3 Å². The van der Waals surface area contributed by atoms with Crippen LogP contribution in [-0.4, -0.2) is 15.9 Å². The molecule has 0 spiro atoms. The first-order chi connectivity index (χ1) is 9.10. The summed E-state index contributed by atoms with van der Waals surface area (Å²) >= 11 is 5.90. The molecule has 7 heteroatoms. The van der Waals surface area contributed by atoms with Gasteiger partial charge in [0.2, 0.25) is 0 Å². The van der Waals surface area contributed by atoms with Crippen LogP contribution >= 0.6 is 11.6 Å². The Bertz CT molecular complexity index is 600. The average molecular weight is 278 g/mol. The standard InChI is InChI=1S/C12H12ClN5O/c1-7-2-3-9(6-15-7)17-12(19)8-4-10(13)11(18-14)16-5-8/h2-6H,14H2,1H3,(H,16,18)(H,17,19). The molecule has 2 heterocycles. The summed E-state index contributed by atoms with van der Waals surface area (Å²) in [4.78, 5) is 20.0. The molecule has 0 radical (unpaired) electrons. The van der Waals surface area contributed by atoms with Crippen LogP contribution in [-0.2, 0) is 0 Å². The van der Waals surface area contributed by atoms with E-state index in [1.807, 2.05) is 13.0 Å². The summed E-state index contributed by atoms with van der Waals surface area (Å²) in [5.41, 5.74) is 4.15. The molecular formula is C12H12ClN5O. The number of anilines is 2. The van der Waals surface area contributed by atoms with Gasteiger partial charge in [-0.2, -0.15) is 0 Å². The minimum absolute atomic E-state index is 0.275. The van der Waals surface area contributed by atoms with E-state index in [1.165, 1.54) is 12.3 Å². The van der Waals surface area contributed by atoms with Crippen LogP contribution in [0.3, 0.4) is 0 Å². The van der Waals surface area contributed by atoms with Crippen LogP contribution in [0, 0.1) is 6.92 Å². The smallest absolute Gasteiger partial charge is 0.257 e. The van der Waals surface area contributed by atoms with Crippen molar-refractivity contribution in [2.24, 2.45) is 5.84 Å². The number of rotatable bonds is 3. The fraction of sp³-hybridized carbons (Fsp3) is 0.0833. The van der Waals surface area contributed by atoms with Crippen molar-refractivity contribution in [3.05, 3.63) is 46.9 Å². The Morgan fingerprint density at radius 3 is 2.68 bits per heavy atom. The van der Waals surface area contributed by atoms with Crippen molar-refractivity contribution in [2.75, 3.05) is 10.7 Å². The molecule has 0 unspecified atom stereocenters. The lowest BCUT2D eigenvalue weighted by atomic mass is 10.2. The molecule has 0 bridgehead atoms. The van der Waals surface area contributed by atoms with Crippen molar-refractivity contribution in [3.8, 4) is 0 Å². The number of carbonyl (C=O) groups excluding carboxylic acids is 1. The van der Waals surface area contributed by atoms with Gasteiger partial charge in [0.15, 0.2) is 5.82 Å². The van der Waals surface area contributed by atoms with Crippen LogP contribution in [0.25, 0.3) is 0 Å². The van der Waals surface area contributed by atoms with Gasteiger partial charge in [0, 0.05) is 11.9 Å². The van der Waals surface area contributed by atoms with Crippen molar-refractivity contribution < 1.29 is 4.79 Å². The average Bonchev–Trinajstić information content (AvgIpc) is 2.41. The summed E-state index contributed by atoms with van der Waals surface area (Å²) in [6.07, 6.45) is 2.97. The Kier molecular flexibility index (Phi) is 3.94. The third-order valence-electron chi connectivity index (χ3n) is 2.41. The first-order valence-electron chi connectivity index (χ1n) is 5.46. The number of amides is 1. The molecule has 2 aromatic rings. The van der Waals surface area contributed by atoms with Gasteiger partial charge >= 0.3 is 0 Å². The van der Waals surface area contributed by atoms with Gasteiger partial charge in [0.25, 0.3) is 5.91 Å². The summed E-state index contributed by atoms with van der Waals surface area (Å²) in [5, 5.41) is 2.97. The lowest BCUT2D eigenvalue weighted by Crippen LogP contribution is -2.14. The van der Waals surface area contributed by atoms with Crippen LogP contribution in [0.2, 0.25) is 5.02 Å². The topological polar surface area (TPSA) is 92.9 Å². The molecule has 0 saturated carbocycles. The molecule has 0 saturated heterocycles. The number of pyridine rings is 2. The second-order valence-electron chi connectivity index (χ2n) is 3.84. The highest BCUT2D eigenvalue weighted by Crippen LogP contribution is 2.19. The fourth-order valence-corrected chi connectivity index (χ4v) is 1.63. The Morgan fingerprint density at radius 2 is 2.11 bits per heavy atom. The van der Waals surface area contributed by atoms with Crippen LogP contribution in [0.1, 0.15) is 16.1 Å². The Morgan fingerprint density at radius 1 is 1.32 bits per heavy atom. The first-order valence-corrected chi connectivity index (χ1v) is 5.84. The molecule has 98 valence electrons. The molecule has 0 atom stereocenters. The summed E-state index contributed by atoms with van der Waals surface area (Å²) in [5.74, 6) is 5.21. The molecule has 2 aromatic heterocycles. The van der Waals surface area contributed by atoms with Gasteiger partial charge in [0.1, 0.15) is 0 Å². The number of carbonyl (C=O) groups is 1. The summed E-state index contributed by atoms with van der Waals surface area (Å²) in [6.45, 7) is 1.87. The summed E-state index contributed by atoms with van der Waals surface area (Å²) in [7, 11) is 0. The molecular weight excluding hydrogens is 266 g/mol. The molecule has 4 N–H and O–H groups in total. The van der Waals surface area contributed by atoms with Crippen molar-refractivity contribution in [2.45, 2.75) is 6.92 Å². The fourth-order valence-electron chi connectivity index (χ4n) is 1.41. The monoisotopic (exact) mass is 277 g/mol. The Hall–Kier alpha value is -2.18. The van der Waals surface area contributed by atoms with Gasteiger partial charge < -0.3 is 10.7 Å². The third-order valence-corrected chi connectivity index (χ3v) is 2.70. The molecule has 0 aliphatic heterocycles. The van der Waals surface area contributed by atoms with E-state index in [2.05, 4.69) is 20.7 Å². The first kappa shape index (κ1) is 13.3. The number of hydrazine groups is 1. The van der Waals surface area contributed by atoms with Gasteiger partial charge in [-0.25, -0.2) is 10.8 Å². The predicted octanol–water partition coefficient (Wildman–Crippen LogP) is 1.98. The zero-order valence-electron chi connectivity index (χ0n) is 10.1. The molecule has 19 heavy (non-hydrogen) atoms. The summed E-state index contributed by atoms with van der Waals surface area (Å²) < 4.78 is 0. The summed E-state index contributed by atoms with van der Waals surface area (Å²) in [6, 6.07) is 5.06. The van der Waals surface area contributed by atoms with Gasteiger partial charge in [-0.15, -0.1) is 0 Å². The Balaban J connectivity index is 2.16. The van der Waals surface area contributed by atoms with Crippen molar-refractivity contribution in [1.29, 1.82) is 0 Å². The van der Waals surface area contributed by atoms with E-state index >= 15 is 0 Å². The second kappa shape index (κ2) is 5.64. The number of nitrogens with zero attached hydrogens (tertiary/aromatic N) is 2. The Labute approximate surface area is 115 Å². The van der Waals surface area contributed by atoms with Gasteiger partial charge in [-0.05, 0) is 25.1 Å². The van der Waals surface area contributed by atoms with Crippen molar-refractivity contribution in [3.63, 3.8) is 0 Å². The largest absolute Gasteiger partial charge is 0.321 e. The lowest BCUT2D eigenvalue weighted by molar-refractivity contribution is 0.102. The number of aromatic nitrogens is 2. The number of nitrogens with one attached hydrogen (secondary N) is 2. The SMILES string of the molecule is Cc1ccc(NC(=O)c2cnc(NN)c(Cl)c2)cn1. The number of aryl methyl sites for hydroxylation is 1. The minimum Gasteiger partial charge on any atom is -0.321 e. The second-order valence-corrected chi connectivity index (χ2v) is 4.25. The van der Waals surface area contributed by atoms with Crippen LogP contribution in [0.5, 0.6) is 0 Å². The van der Waals surface area contributed by atoms with Gasteiger partial charge in [0.05, 0.1) is 22.5 Å². The van der Waals surface area contributed by atoms with E-state index in [9.17, 15) is 4.79 Å². The lowest BCUT2D eigenvalue weighted by Gasteiger charge is -2.07. The highest BCUT2D eigenvalue weighted by Gasteiger charge is 2.10. The number of nitrogen functional groups attached to an aromatic ring is 1. The van der Waals surface area contributed by atoms with Crippen LogP contribution in [0.15, 0.2) is 30.6 Å². The molecule has 1 amide bonds. The van der Waals surface area contributed by atoms with E-state index in [-0.39, 0.29) is 10.9 Å². The molecule has 2 rings (SSSR count). The third kappa shape index (κ3) is 3.18. The number of hydrogen-bond acceptors (Lipinski definition) is 5. The predicted molar refractivity (Wildman–Crippen MR) is 74.0 cm³/mol. The maximum Gasteiger partial charge on any atom is 0.257 e. The highest BCUT2D eigenvalue weighted by molar-refractivity contribution is 6.33. The molecule has 6 nitrogen and oxygen atoms in total. The zero-order valence-corrected chi connectivity index (χ0v) is 10.9. The van der Waals surface area contributed by atoms with Crippen LogP contribution < -0.4 is 16.6 Å². The maximum atomic E-state index is 12.0. The molecule has 0 aromatic carbocycles. The number of nitrogens with two attached hydrogens (primary N) is 1. The maximum absolute atomic E-state index is 12.0. The van der Waals surface area contributed by atoms with Gasteiger partial charge in [-0.3, -0.25) is 9.78 Å². The number of halogens is 1. The number of hydrogen-bond donors (Lipinski definition) is 3. The van der Waals surface area contributed by atoms with Crippen molar-refractivity contribution in [1.82, 2.24) is 9.97 Å².